The van der Waals surface area contributed by atoms with Gasteiger partial charge in [-0.05, 0) is 53.3 Å². The predicted octanol–water partition coefficient (Wildman–Crippen LogP) is 5.97. The van der Waals surface area contributed by atoms with Crippen LogP contribution in [0.25, 0.3) is 22.0 Å². The Morgan fingerprint density at radius 3 is 2.34 bits per heavy atom. The Kier molecular flexibility index (Phi) is 10.7. The molecule has 3 heterocycles. The second kappa shape index (κ2) is 14.7. The Bertz CT molecular complexity index is 1580. The van der Waals surface area contributed by atoms with Crippen molar-refractivity contribution in [2.24, 2.45) is 0 Å². The Hall–Kier alpha value is -3.25. The fraction of sp³-hybridized carbons (Fsp3) is 0.447. The lowest BCUT2D eigenvalue weighted by atomic mass is 9.88. The average molecular weight is 660 g/mol. The molecule has 2 aliphatic rings. The number of pyridine rings is 1. The number of ether oxygens (including phenoxy) is 3. The molecular weight excluding hydrogens is 612 g/mol. The summed E-state index contributed by atoms with van der Waals surface area (Å²) < 4.78 is 20.0. The molecule has 0 fully saturated rings. The van der Waals surface area contributed by atoms with Gasteiger partial charge in [0.25, 0.3) is 0 Å². The molecule has 4 aromatic rings. The van der Waals surface area contributed by atoms with Crippen LogP contribution in [0.3, 0.4) is 0 Å². The number of anilines is 1. The predicted molar refractivity (Wildman–Crippen MR) is 176 cm³/mol. The van der Waals surface area contributed by atoms with Gasteiger partial charge in [-0.25, -0.2) is 0 Å². The molecule has 0 saturated carbocycles. The summed E-state index contributed by atoms with van der Waals surface area (Å²) in [6.45, 7) is 8.94. The van der Waals surface area contributed by atoms with Crippen molar-refractivity contribution in [2.45, 2.75) is 91.0 Å². The molecule has 1 N–H and O–H groups in total. The first kappa shape index (κ1) is 32.2. The maximum Gasteiger partial charge on any atom is 0.231 e. The van der Waals surface area contributed by atoms with Crippen LogP contribution >= 0.6 is 0 Å². The van der Waals surface area contributed by atoms with E-state index in [4.69, 9.17) is 14.2 Å². The highest BCUT2D eigenvalue weighted by molar-refractivity contribution is 6.00. The van der Waals surface area contributed by atoms with Crippen LogP contribution in [0.5, 0.6) is 17.2 Å². The quantitative estimate of drug-likeness (QED) is 0.142. The molecule has 44 heavy (non-hydrogen) atoms. The van der Waals surface area contributed by atoms with Crippen molar-refractivity contribution >= 4 is 16.5 Å². The minimum Gasteiger partial charge on any atom is -1.00 e. The van der Waals surface area contributed by atoms with E-state index in [1.54, 1.807) is 7.11 Å². The molecule has 0 amide bonds. The number of benzene rings is 3. The van der Waals surface area contributed by atoms with E-state index < -0.39 is 0 Å². The van der Waals surface area contributed by atoms with Gasteiger partial charge in [-0.15, -0.1) is 0 Å². The highest BCUT2D eigenvalue weighted by atomic mass is 79.9. The number of methoxy groups -OCH3 is 1. The monoisotopic (exact) mass is 658 g/mol. The number of halogens is 1. The number of hydrogen-bond acceptors (Lipinski definition) is 4. The molecule has 5 nitrogen and oxygen atoms in total. The fourth-order valence-corrected chi connectivity index (χ4v) is 6.72. The molecular formula is C38H47BrN2O3. The molecule has 0 spiro atoms. The largest absolute Gasteiger partial charge is 1.00 e. The number of hydrogen-bond donors (Lipinski definition) is 1. The van der Waals surface area contributed by atoms with E-state index in [2.05, 4.69) is 85.4 Å². The van der Waals surface area contributed by atoms with Crippen molar-refractivity contribution in [3.8, 4) is 28.5 Å². The summed E-state index contributed by atoms with van der Waals surface area (Å²) in [5.74, 6) is 3.12. The first-order chi connectivity index (χ1) is 21.1. The van der Waals surface area contributed by atoms with Gasteiger partial charge in [-0.2, -0.15) is 4.57 Å². The van der Waals surface area contributed by atoms with Gasteiger partial charge < -0.3 is 36.5 Å². The average Bonchev–Trinajstić information content (AvgIpc) is 3.48. The normalized spacial score (nSPS) is 13.0. The van der Waals surface area contributed by atoms with E-state index in [9.17, 15) is 0 Å². The topological polar surface area (TPSA) is 43.6 Å². The molecule has 0 aliphatic carbocycles. The number of aromatic nitrogens is 1. The number of aryl methyl sites for hydroxylation is 2. The SMILES string of the molecule is CCCCCCCCCNc1c(OC)ccc2c(Cc3ccc(C(C)C)cc3)c3[n+](cc12)CCc1cc2c(cc1-3)OCO2.[Br-]. The van der Waals surface area contributed by atoms with Crippen LogP contribution in [0, 0.1) is 0 Å². The van der Waals surface area contributed by atoms with E-state index in [-0.39, 0.29) is 17.0 Å². The van der Waals surface area contributed by atoms with Gasteiger partial charge in [-0.1, -0.05) is 83.6 Å². The Labute approximate surface area is 273 Å². The summed E-state index contributed by atoms with van der Waals surface area (Å²) >= 11 is 0. The number of nitrogens with zero attached hydrogens (tertiary/aromatic N) is 1. The van der Waals surface area contributed by atoms with Crippen molar-refractivity contribution in [3.05, 3.63) is 77.0 Å². The second-order valence-electron chi connectivity index (χ2n) is 12.5. The first-order valence-corrected chi connectivity index (χ1v) is 16.4. The van der Waals surface area contributed by atoms with Crippen molar-refractivity contribution in [1.29, 1.82) is 0 Å². The van der Waals surface area contributed by atoms with Gasteiger partial charge >= 0.3 is 0 Å². The van der Waals surface area contributed by atoms with Crippen molar-refractivity contribution < 1.29 is 35.8 Å². The van der Waals surface area contributed by atoms with E-state index in [1.807, 2.05) is 0 Å². The van der Waals surface area contributed by atoms with Crippen LogP contribution < -0.4 is 41.1 Å². The summed E-state index contributed by atoms with van der Waals surface area (Å²) in [6, 6.07) is 18.0. The lowest BCUT2D eigenvalue weighted by molar-refractivity contribution is -0.686. The van der Waals surface area contributed by atoms with E-state index >= 15 is 0 Å². The molecule has 0 radical (unpaired) electrons. The van der Waals surface area contributed by atoms with E-state index in [0.29, 0.717) is 12.7 Å². The number of fused-ring (bicyclic) bond motifs is 5. The molecule has 6 rings (SSSR count). The Morgan fingerprint density at radius 1 is 0.886 bits per heavy atom. The molecule has 1 aromatic heterocycles. The highest BCUT2D eigenvalue weighted by Gasteiger charge is 2.32. The molecule has 3 aromatic carbocycles. The summed E-state index contributed by atoms with van der Waals surface area (Å²) in [5, 5.41) is 6.30. The molecule has 0 bridgehead atoms. The van der Waals surface area contributed by atoms with E-state index in [0.717, 1.165) is 48.9 Å². The maximum absolute atomic E-state index is 5.92. The van der Waals surface area contributed by atoms with Gasteiger partial charge in [0.1, 0.15) is 5.75 Å². The third-order valence-corrected chi connectivity index (χ3v) is 9.20. The molecule has 0 atom stereocenters. The summed E-state index contributed by atoms with van der Waals surface area (Å²) in [4.78, 5) is 0. The van der Waals surface area contributed by atoms with Crippen LogP contribution in [0.15, 0.2) is 54.7 Å². The van der Waals surface area contributed by atoms with Gasteiger partial charge in [0, 0.05) is 30.3 Å². The summed E-state index contributed by atoms with van der Waals surface area (Å²) in [6.07, 6.45) is 13.3. The minimum absolute atomic E-state index is 0. The Balaban J connectivity index is 0.00000384. The van der Waals surface area contributed by atoms with Gasteiger partial charge in [0.15, 0.2) is 24.2 Å². The van der Waals surface area contributed by atoms with Gasteiger partial charge in [0.2, 0.25) is 12.5 Å². The van der Waals surface area contributed by atoms with Crippen LogP contribution in [-0.2, 0) is 19.4 Å². The third kappa shape index (κ3) is 6.71. The maximum atomic E-state index is 5.92. The smallest absolute Gasteiger partial charge is 0.231 e. The zero-order valence-electron chi connectivity index (χ0n) is 26.8. The molecule has 2 aliphatic heterocycles. The number of rotatable bonds is 13. The number of nitrogens with one attached hydrogen (secondary N) is 1. The lowest BCUT2D eigenvalue weighted by Gasteiger charge is -2.22. The van der Waals surface area contributed by atoms with Crippen molar-refractivity contribution in [1.82, 2.24) is 0 Å². The Morgan fingerprint density at radius 2 is 1.61 bits per heavy atom. The third-order valence-electron chi connectivity index (χ3n) is 9.20. The van der Waals surface area contributed by atoms with Gasteiger partial charge in [0.05, 0.1) is 23.7 Å². The van der Waals surface area contributed by atoms with Crippen molar-refractivity contribution in [2.75, 3.05) is 25.8 Å². The van der Waals surface area contributed by atoms with E-state index in [1.165, 1.54) is 89.2 Å². The van der Waals surface area contributed by atoms with Crippen LogP contribution in [0.1, 0.15) is 93.9 Å². The summed E-state index contributed by atoms with van der Waals surface area (Å²) in [5.41, 5.74) is 9.00. The molecule has 6 heteroatoms. The fourth-order valence-electron chi connectivity index (χ4n) is 6.72. The zero-order chi connectivity index (χ0) is 29.8. The van der Waals surface area contributed by atoms with Crippen LogP contribution in [0.4, 0.5) is 5.69 Å². The van der Waals surface area contributed by atoms with Crippen LogP contribution in [-0.4, -0.2) is 20.4 Å². The standard InChI is InChI=1S/C38H46N2O3.BrH/c1-5-6-7-8-9-10-11-19-39-37-33-24-40-20-18-29-22-35-36(43-25-42-35)23-31(29)38(40)32(30(33)16-17-34(37)41-4)21-27-12-14-28(15-13-27)26(2)3;/h12-17,22-24,26H,5-11,18-21,25H2,1-4H3;1H. The molecule has 0 saturated heterocycles. The highest BCUT2D eigenvalue weighted by Crippen LogP contribution is 2.43. The first-order valence-electron chi connectivity index (χ1n) is 16.4. The lowest BCUT2D eigenvalue weighted by Crippen LogP contribution is -3.00. The molecule has 234 valence electrons. The van der Waals surface area contributed by atoms with Crippen LogP contribution in [0.2, 0.25) is 0 Å². The second-order valence-corrected chi connectivity index (χ2v) is 12.5. The zero-order valence-corrected chi connectivity index (χ0v) is 28.4. The minimum atomic E-state index is 0. The van der Waals surface area contributed by atoms with Gasteiger partial charge in [-0.3, -0.25) is 0 Å². The molecule has 0 unspecified atom stereocenters. The van der Waals surface area contributed by atoms with Crippen molar-refractivity contribution in [3.63, 3.8) is 0 Å². The summed E-state index contributed by atoms with van der Waals surface area (Å²) in [7, 11) is 1.78. The number of unbranched alkanes of at least 4 members (excludes halogenated alkanes) is 6.